The van der Waals surface area contributed by atoms with Gasteiger partial charge in [0.15, 0.2) is 5.11 Å². The van der Waals surface area contributed by atoms with Crippen molar-refractivity contribution in [3.05, 3.63) is 113 Å². The Balaban J connectivity index is 1.62. The molecule has 36 heavy (non-hydrogen) atoms. The lowest BCUT2D eigenvalue weighted by molar-refractivity contribution is -0.137. The third kappa shape index (κ3) is 4.46. The molecule has 0 bridgehead atoms. The van der Waals surface area contributed by atoms with Crippen LogP contribution < -0.4 is 5.32 Å². The number of hydrogen-bond acceptors (Lipinski definition) is 3. The lowest BCUT2D eigenvalue weighted by Crippen LogP contribution is -2.29. The first kappa shape index (κ1) is 24.0. The molecule has 0 saturated carbocycles. The zero-order valence-electron chi connectivity index (χ0n) is 19.7. The van der Waals surface area contributed by atoms with Crippen LogP contribution >= 0.6 is 12.2 Å². The number of thiocarbonyl (C=S) groups is 1. The van der Waals surface area contributed by atoms with Crippen LogP contribution in [0.1, 0.15) is 45.9 Å². The summed E-state index contributed by atoms with van der Waals surface area (Å²) < 4.78 is 42.1. The molecule has 4 heterocycles. The maximum Gasteiger partial charge on any atom is 0.416 e. The van der Waals surface area contributed by atoms with Crippen LogP contribution in [-0.4, -0.2) is 24.5 Å². The largest absolute Gasteiger partial charge is 0.416 e. The Labute approximate surface area is 212 Å². The number of benzene rings is 1. The van der Waals surface area contributed by atoms with Gasteiger partial charge in [0.2, 0.25) is 0 Å². The molecule has 1 aromatic carbocycles. The summed E-state index contributed by atoms with van der Waals surface area (Å²) in [5.41, 5.74) is 4.27. The summed E-state index contributed by atoms with van der Waals surface area (Å²) in [6, 6.07) is 16.6. The van der Waals surface area contributed by atoms with Gasteiger partial charge in [-0.2, -0.15) is 13.2 Å². The number of alkyl halides is 3. The summed E-state index contributed by atoms with van der Waals surface area (Å²) in [5, 5.41) is 4.02. The average molecular weight is 508 g/mol. The lowest BCUT2D eigenvalue weighted by Gasteiger charge is -2.28. The number of nitrogens with zero attached hydrogens (tertiary/aromatic N) is 4. The standard InChI is InChI=1S/C27H24F3N5S/c1-17-13-22(18(2)35(17)21-9-5-8-20(14-21)27(28,29)30)25-24(23-10-3-4-12-32-23)33-26(36)34(25)16-19-7-6-11-31-15-19/h3-15,24-25H,16H2,1-2H3,(H,33,36)/t24-,25+/m0/s1. The summed E-state index contributed by atoms with van der Waals surface area (Å²) >= 11 is 5.76. The minimum atomic E-state index is -4.42. The van der Waals surface area contributed by atoms with Crippen LogP contribution in [0.5, 0.6) is 0 Å². The Kier molecular flexibility index (Phi) is 6.26. The zero-order valence-corrected chi connectivity index (χ0v) is 20.5. The van der Waals surface area contributed by atoms with E-state index in [-0.39, 0.29) is 12.1 Å². The van der Waals surface area contributed by atoms with Crippen LogP contribution in [0.2, 0.25) is 0 Å². The topological polar surface area (TPSA) is 46.0 Å². The molecule has 1 N–H and O–H groups in total. The fourth-order valence-corrected chi connectivity index (χ4v) is 5.21. The number of nitrogens with one attached hydrogen (secondary N) is 1. The van der Waals surface area contributed by atoms with E-state index in [9.17, 15) is 13.2 Å². The van der Waals surface area contributed by atoms with Crippen molar-refractivity contribution in [2.24, 2.45) is 0 Å². The van der Waals surface area contributed by atoms with Crippen molar-refractivity contribution < 1.29 is 13.2 Å². The van der Waals surface area contributed by atoms with Gasteiger partial charge in [-0.05, 0) is 79.7 Å². The predicted molar refractivity (Wildman–Crippen MR) is 135 cm³/mol. The highest BCUT2D eigenvalue weighted by Crippen LogP contribution is 2.42. The van der Waals surface area contributed by atoms with Crippen LogP contribution in [0.4, 0.5) is 13.2 Å². The van der Waals surface area contributed by atoms with E-state index in [1.165, 1.54) is 12.1 Å². The summed E-state index contributed by atoms with van der Waals surface area (Å²) in [5.74, 6) is 0. The van der Waals surface area contributed by atoms with Gasteiger partial charge >= 0.3 is 6.18 Å². The van der Waals surface area contributed by atoms with Crippen LogP contribution in [0.15, 0.2) is 79.3 Å². The molecule has 3 aromatic heterocycles. The molecular formula is C27H24F3N5S. The molecule has 0 unspecified atom stereocenters. The van der Waals surface area contributed by atoms with Gasteiger partial charge in [-0.15, -0.1) is 0 Å². The van der Waals surface area contributed by atoms with Gasteiger partial charge in [-0.3, -0.25) is 9.97 Å². The molecule has 0 radical (unpaired) electrons. The fraction of sp³-hybridized carbons (Fsp3) is 0.222. The van der Waals surface area contributed by atoms with E-state index in [2.05, 4.69) is 20.2 Å². The number of pyridine rings is 2. The average Bonchev–Trinajstić information content (AvgIpc) is 3.34. The Bertz CT molecular complexity index is 1390. The highest BCUT2D eigenvalue weighted by molar-refractivity contribution is 7.80. The summed E-state index contributed by atoms with van der Waals surface area (Å²) in [4.78, 5) is 10.9. The Morgan fingerprint density at radius 2 is 1.83 bits per heavy atom. The predicted octanol–water partition coefficient (Wildman–Crippen LogP) is 6.08. The zero-order chi connectivity index (χ0) is 25.4. The third-order valence-electron chi connectivity index (χ3n) is 6.49. The van der Waals surface area contributed by atoms with Crippen LogP contribution in [0.3, 0.4) is 0 Å². The van der Waals surface area contributed by atoms with Gasteiger partial charge in [-0.1, -0.05) is 18.2 Å². The molecule has 9 heteroatoms. The summed E-state index contributed by atoms with van der Waals surface area (Å²) in [6.07, 6.45) is 0.855. The van der Waals surface area contributed by atoms with Gasteiger partial charge in [0.25, 0.3) is 0 Å². The van der Waals surface area contributed by atoms with Crippen molar-refractivity contribution in [1.29, 1.82) is 0 Å². The monoisotopic (exact) mass is 507 g/mol. The molecule has 1 fully saturated rings. The molecule has 2 atom stereocenters. The van der Waals surface area contributed by atoms with Gasteiger partial charge in [0, 0.05) is 42.2 Å². The molecule has 5 rings (SSSR count). The van der Waals surface area contributed by atoms with E-state index in [4.69, 9.17) is 12.2 Å². The minimum Gasteiger partial charge on any atom is -0.352 e. The van der Waals surface area contributed by atoms with E-state index in [0.717, 1.165) is 34.3 Å². The molecule has 0 spiro atoms. The lowest BCUT2D eigenvalue weighted by atomic mass is 9.96. The van der Waals surface area contributed by atoms with E-state index < -0.39 is 11.7 Å². The quantitative estimate of drug-likeness (QED) is 0.332. The van der Waals surface area contributed by atoms with Crippen molar-refractivity contribution in [1.82, 2.24) is 24.8 Å². The Morgan fingerprint density at radius 1 is 1.00 bits per heavy atom. The van der Waals surface area contributed by atoms with E-state index in [1.54, 1.807) is 24.7 Å². The Morgan fingerprint density at radius 3 is 2.53 bits per heavy atom. The molecule has 184 valence electrons. The van der Waals surface area contributed by atoms with Gasteiger partial charge in [0.05, 0.1) is 23.3 Å². The van der Waals surface area contributed by atoms with Crippen molar-refractivity contribution in [2.45, 2.75) is 38.7 Å². The van der Waals surface area contributed by atoms with E-state index >= 15 is 0 Å². The van der Waals surface area contributed by atoms with Crippen LogP contribution in [0.25, 0.3) is 5.69 Å². The molecule has 1 aliphatic rings. The number of hydrogen-bond donors (Lipinski definition) is 1. The first-order valence-electron chi connectivity index (χ1n) is 11.5. The molecule has 5 nitrogen and oxygen atoms in total. The van der Waals surface area contributed by atoms with E-state index in [1.807, 2.05) is 54.8 Å². The highest BCUT2D eigenvalue weighted by Gasteiger charge is 2.41. The van der Waals surface area contributed by atoms with Gasteiger partial charge in [0.1, 0.15) is 0 Å². The molecule has 1 aliphatic heterocycles. The first-order valence-corrected chi connectivity index (χ1v) is 11.9. The highest BCUT2D eigenvalue weighted by atomic mass is 32.1. The third-order valence-corrected chi connectivity index (χ3v) is 6.85. The van der Waals surface area contributed by atoms with E-state index in [0.29, 0.717) is 17.3 Å². The van der Waals surface area contributed by atoms with Crippen molar-refractivity contribution >= 4 is 17.3 Å². The van der Waals surface area contributed by atoms with Crippen LogP contribution in [0, 0.1) is 13.8 Å². The second-order valence-corrected chi connectivity index (χ2v) is 9.21. The number of halogens is 3. The summed E-state index contributed by atoms with van der Waals surface area (Å²) in [6.45, 7) is 4.36. The SMILES string of the molecule is Cc1cc([C@@H]2[C@H](c3ccccn3)NC(=S)N2Cc2cccnc2)c(C)n1-c1cccc(C(F)(F)F)c1. The van der Waals surface area contributed by atoms with Gasteiger partial charge < -0.3 is 14.8 Å². The van der Waals surface area contributed by atoms with Crippen molar-refractivity contribution in [3.63, 3.8) is 0 Å². The molecule has 0 aliphatic carbocycles. The molecular weight excluding hydrogens is 483 g/mol. The minimum absolute atomic E-state index is 0.224. The van der Waals surface area contributed by atoms with Gasteiger partial charge in [-0.25, -0.2) is 0 Å². The second kappa shape index (κ2) is 9.39. The normalized spacial score (nSPS) is 17.9. The Hall–Kier alpha value is -3.72. The van der Waals surface area contributed by atoms with Crippen LogP contribution in [-0.2, 0) is 12.7 Å². The number of rotatable bonds is 5. The smallest absolute Gasteiger partial charge is 0.352 e. The molecule has 0 amide bonds. The fourth-order valence-electron chi connectivity index (χ4n) is 4.91. The number of aryl methyl sites for hydroxylation is 1. The summed E-state index contributed by atoms with van der Waals surface area (Å²) in [7, 11) is 0. The first-order chi connectivity index (χ1) is 17.2. The number of aromatic nitrogens is 3. The van der Waals surface area contributed by atoms with Crippen molar-refractivity contribution in [2.75, 3.05) is 0 Å². The maximum atomic E-state index is 13.4. The second-order valence-electron chi connectivity index (χ2n) is 8.83. The maximum absolute atomic E-state index is 13.4. The van der Waals surface area contributed by atoms with Crippen molar-refractivity contribution in [3.8, 4) is 5.69 Å². The molecule has 1 saturated heterocycles. The molecule has 4 aromatic rings.